The van der Waals surface area contributed by atoms with Crippen LogP contribution in [0, 0.1) is 0 Å². The van der Waals surface area contributed by atoms with Crippen LogP contribution in [0.5, 0.6) is 0 Å². The summed E-state index contributed by atoms with van der Waals surface area (Å²) in [5, 5.41) is 3.19. The van der Waals surface area contributed by atoms with Crippen LogP contribution in [0.2, 0.25) is 0 Å². The summed E-state index contributed by atoms with van der Waals surface area (Å²) >= 11 is 0. The second-order valence-electron chi connectivity index (χ2n) is 9.12. The van der Waals surface area contributed by atoms with Gasteiger partial charge < -0.3 is 4.90 Å². The molecule has 2 atom stereocenters. The normalized spacial score (nSPS) is 24.8. The molecule has 154 valence electrons. The summed E-state index contributed by atoms with van der Waals surface area (Å²) in [5.74, 6) is 0.159. The summed E-state index contributed by atoms with van der Waals surface area (Å²) < 4.78 is 14.2. The van der Waals surface area contributed by atoms with E-state index in [-0.39, 0.29) is 11.3 Å². The van der Waals surface area contributed by atoms with Crippen molar-refractivity contribution in [1.82, 2.24) is 10.2 Å². The van der Waals surface area contributed by atoms with Gasteiger partial charge in [0.05, 0.1) is 5.54 Å². The number of rotatable bonds is 2. The first-order valence-electron chi connectivity index (χ1n) is 10.7. The summed E-state index contributed by atoms with van der Waals surface area (Å²) in [6.45, 7) is 7.28. The highest BCUT2D eigenvalue weighted by atomic mass is 19.1. The number of hydrogen-bond donors (Lipinski definition) is 1. The zero-order chi connectivity index (χ0) is 20.6. The van der Waals surface area contributed by atoms with Crippen LogP contribution in [0.3, 0.4) is 0 Å². The molecule has 4 heteroatoms. The average Bonchev–Trinajstić information content (AvgIpc) is 2.71. The molecule has 0 saturated carbocycles. The van der Waals surface area contributed by atoms with Crippen LogP contribution in [0.15, 0.2) is 48.5 Å². The van der Waals surface area contributed by atoms with Crippen molar-refractivity contribution in [1.29, 1.82) is 0 Å². The van der Waals surface area contributed by atoms with Gasteiger partial charge in [0.15, 0.2) is 0 Å². The van der Waals surface area contributed by atoms with Crippen molar-refractivity contribution in [3.05, 3.63) is 70.8 Å². The van der Waals surface area contributed by atoms with E-state index in [9.17, 15) is 9.18 Å². The van der Waals surface area contributed by atoms with Gasteiger partial charge in [-0.15, -0.1) is 0 Å². The van der Waals surface area contributed by atoms with Gasteiger partial charge >= 0.3 is 0 Å². The minimum absolute atomic E-state index is 0.159. The molecule has 4 bridgehead atoms. The van der Waals surface area contributed by atoms with Crippen molar-refractivity contribution in [2.75, 3.05) is 13.1 Å². The summed E-state index contributed by atoms with van der Waals surface area (Å²) in [5.41, 5.74) is 4.03. The first-order valence-corrected chi connectivity index (χ1v) is 10.7. The van der Waals surface area contributed by atoms with Crippen molar-refractivity contribution < 1.29 is 9.18 Å². The molecular formula is C25H31FN2O. The van der Waals surface area contributed by atoms with Crippen molar-refractivity contribution in [3.63, 3.8) is 0 Å². The molecule has 1 amide bonds. The monoisotopic (exact) mass is 394 g/mol. The molecule has 1 fully saturated rings. The van der Waals surface area contributed by atoms with E-state index in [4.69, 9.17) is 0 Å². The van der Waals surface area contributed by atoms with Crippen LogP contribution >= 0.6 is 0 Å². The molecule has 1 N–H and O–H groups in total. The van der Waals surface area contributed by atoms with Gasteiger partial charge in [0, 0.05) is 24.9 Å². The SMILES string of the molecule is CC(F)NC12CCCN(C1)C(=O)CCc1ccccc1C(C)(C)c1cccc2c1. The number of amides is 1. The van der Waals surface area contributed by atoms with Crippen LogP contribution in [0.1, 0.15) is 62.3 Å². The maximum Gasteiger partial charge on any atom is 0.222 e. The Bertz CT molecular complexity index is 907. The number of halogens is 1. The van der Waals surface area contributed by atoms with Crippen molar-refractivity contribution in [2.45, 2.75) is 63.7 Å². The molecule has 29 heavy (non-hydrogen) atoms. The first-order chi connectivity index (χ1) is 13.8. The lowest BCUT2D eigenvalue weighted by Crippen LogP contribution is -2.57. The van der Waals surface area contributed by atoms with E-state index in [2.05, 4.69) is 67.7 Å². The van der Waals surface area contributed by atoms with E-state index >= 15 is 0 Å². The number of aryl methyl sites for hydroxylation is 1. The number of benzene rings is 2. The van der Waals surface area contributed by atoms with Gasteiger partial charge in [0.25, 0.3) is 0 Å². The third-order valence-electron chi connectivity index (χ3n) is 6.76. The molecule has 2 heterocycles. The van der Waals surface area contributed by atoms with Gasteiger partial charge in [-0.1, -0.05) is 62.4 Å². The van der Waals surface area contributed by atoms with E-state index < -0.39 is 11.8 Å². The van der Waals surface area contributed by atoms with Crippen LogP contribution in [0.25, 0.3) is 0 Å². The number of hydrogen-bond acceptors (Lipinski definition) is 2. The molecule has 2 unspecified atom stereocenters. The fourth-order valence-corrected chi connectivity index (χ4v) is 5.19. The lowest BCUT2D eigenvalue weighted by molar-refractivity contribution is -0.134. The molecule has 2 aromatic rings. The average molecular weight is 395 g/mol. The van der Waals surface area contributed by atoms with E-state index in [1.807, 2.05) is 4.90 Å². The summed E-state index contributed by atoms with van der Waals surface area (Å²) in [4.78, 5) is 15.0. The van der Waals surface area contributed by atoms with Crippen molar-refractivity contribution in [3.8, 4) is 0 Å². The Kier molecular flexibility index (Phi) is 5.24. The smallest absolute Gasteiger partial charge is 0.222 e. The minimum atomic E-state index is -1.14. The second-order valence-corrected chi connectivity index (χ2v) is 9.12. The number of carbonyl (C=O) groups is 1. The zero-order valence-corrected chi connectivity index (χ0v) is 17.7. The lowest BCUT2D eigenvalue weighted by atomic mass is 9.73. The predicted octanol–water partition coefficient (Wildman–Crippen LogP) is 4.68. The molecule has 0 aliphatic carbocycles. The third kappa shape index (κ3) is 3.71. The molecule has 4 rings (SSSR count). The van der Waals surface area contributed by atoms with Gasteiger partial charge in [0.1, 0.15) is 6.30 Å². The lowest BCUT2D eigenvalue weighted by Gasteiger charge is -2.45. The Balaban J connectivity index is 1.91. The molecule has 0 spiro atoms. The number of alkyl halides is 1. The fraction of sp³-hybridized carbons (Fsp3) is 0.480. The minimum Gasteiger partial charge on any atom is -0.340 e. The van der Waals surface area contributed by atoms with Crippen LogP contribution in [0.4, 0.5) is 4.39 Å². The Morgan fingerprint density at radius 1 is 1.07 bits per heavy atom. The van der Waals surface area contributed by atoms with E-state index in [0.717, 1.165) is 31.4 Å². The molecule has 2 aliphatic heterocycles. The molecule has 3 nitrogen and oxygen atoms in total. The molecular weight excluding hydrogens is 363 g/mol. The van der Waals surface area contributed by atoms with Gasteiger partial charge in [-0.3, -0.25) is 10.1 Å². The topological polar surface area (TPSA) is 32.3 Å². The maximum absolute atomic E-state index is 14.2. The van der Waals surface area contributed by atoms with E-state index in [1.165, 1.54) is 23.6 Å². The van der Waals surface area contributed by atoms with Crippen LogP contribution in [-0.4, -0.2) is 30.2 Å². The predicted molar refractivity (Wildman–Crippen MR) is 115 cm³/mol. The van der Waals surface area contributed by atoms with Crippen LogP contribution < -0.4 is 5.32 Å². The van der Waals surface area contributed by atoms with E-state index in [1.54, 1.807) is 0 Å². The molecule has 0 aromatic heterocycles. The second kappa shape index (κ2) is 7.56. The number of fused-ring (bicyclic) bond motifs is 6. The number of piperidine rings is 1. The largest absolute Gasteiger partial charge is 0.340 e. The number of nitrogens with zero attached hydrogens (tertiary/aromatic N) is 1. The summed E-state index contributed by atoms with van der Waals surface area (Å²) in [6.07, 6.45) is 1.77. The third-order valence-corrected chi connectivity index (χ3v) is 6.76. The molecule has 2 aliphatic rings. The molecule has 0 radical (unpaired) electrons. The molecule has 2 aromatic carbocycles. The van der Waals surface area contributed by atoms with Gasteiger partial charge in [0.2, 0.25) is 5.91 Å². The number of nitrogens with one attached hydrogen (secondary N) is 1. The standard InChI is InChI=1S/C25H31FN2O/c1-18(26)27-25-14-7-15-28(17-25)23(29)13-12-19-8-4-5-11-22(19)24(2,3)20-9-6-10-21(25)16-20/h4-6,8-11,16,18,27H,7,12-15,17H2,1-3H3. The Morgan fingerprint density at radius 3 is 2.62 bits per heavy atom. The van der Waals surface area contributed by atoms with Gasteiger partial charge in [-0.05, 0) is 48.4 Å². The summed E-state index contributed by atoms with van der Waals surface area (Å²) in [7, 11) is 0. The highest BCUT2D eigenvalue weighted by Crippen LogP contribution is 2.39. The number of carbonyl (C=O) groups excluding carboxylic acids is 1. The Hall–Kier alpha value is -2.20. The van der Waals surface area contributed by atoms with Crippen molar-refractivity contribution >= 4 is 5.91 Å². The van der Waals surface area contributed by atoms with Gasteiger partial charge in [-0.25, -0.2) is 4.39 Å². The fourth-order valence-electron chi connectivity index (χ4n) is 5.19. The maximum atomic E-state index is 14.2. The zero-order valence-electron chi connectivity index (χ0n) is 17.7. The van der Waals surface area contributed by atoms with Gasteiger partial charge in [-0.2, -0.15) is 0 Å². The van der Waals surface area contributed by atoms with Crippen LogP contribution in [-0.2, 0) is 22.2 Å². The van der Waals surface area contributed by atoms with E-state index in [0.29, 0.717) is 13.0 Å². The first kappa shape index (κ1) is 20.1. The highest BCUT2D eigenvalue weighted by molar-refractivity contribution is 5.77. The molecule has 1 saturated heterocycles. The quantitative estimate of drug-likeness (QED) is 0.750. The summed E-state index contributed by atoms with van der Waals surface area (Å²) in [6, 6.07) is 17.0. The van der Waals surface area contributed by atoms with Crippen molar-refractivity contribution in [2.24, 2.45) is 0 Å². The Labute approximate surface area is 173 Å². The Morgan fingerprint density at radius 2 is 1.83 bits per heavy atom. The highest BCUT2D eigenvalue weighted by Gasteiger charge is 2.40.